The summed E-state index contributed by atoms with van der Waals surface area (Å²) >= 11 is 0. The van der Waals surface area contributed by atoms with Crippen LogP contribution in [0.4, 0.5) is 0 Å². The third-order valence-electron chi connectivity index (χ3n) is 3.28. The number of aromatic nitrogens is 1. The van der Waals surface area contributed by atoms with E-state index in [1.54, 1.807) is 6.20 Å². The van der Waals surface area contributed by atoms with Crippen molar-refractivity contribution < 1.29 is 8.42 Å². The predicted molar refractivity (Wildman–Crippen MR) is 99.5 cm³/mol. The number of guanidine groups is 1. The van der Waals surface area contributed by atoms with Crippen LogP contribution in [0.2, 0.25) is 0 Å². The molecule has 0 aromatic carbocycles. The van der Waals surface area contributed by atoms with E-state index in [2.05, 4.69) is 20.6 Å². The third-order valence-corrected chi connectivity index (χ3v) is 5.05. The molecule has 1 aromatic heterocycles. The molecule has 0 spiro atoms. The van der Waals surface area contributed by atoms with Gasteiger partial charge in [-0.3, -0.25) is 9.98 Å². The van der Waals surface area contributed by atoms with E-state index in [4.69, 9.17) is 0 Å². The summed E-state index contributed by atoms with van der Waals surface area (Å²) < 4.78 is 22.9. The molecule has 1 aliphatic rings. The van der Waals surface area contributed by atoms with Crippen molar-refractivity contribution in [3.63, 3.8) is 0 Å². The predicted octanol–water partition coefficient (Wildman–Crippen LogP) is 0.984. The molecule has 1 aliphatic heterocycles. The van der Waals surface area contributed by atoms with Crippen molar-refractivity contribution in [1.29, 1.82) is 0 Å². The maximum absolute atomic E-state index is 11.5. The molecule has 0 radical (unpaired) electrons. The van der Waals surface area contributed by atoms with E-state index in [0.29, 0.717) is 18.9 Å². The highest BCUT2D eigenvalue weighted by Crippen LogP contribution is 2.10. The second-order valence-corrected chi connectivity index (χ2v) is 7.30. The maximum atomic E-state index is 11.5. The summed E-state index contributed by atoms with van der Waals surface area (Å²) in [7, 11) is -2.87. The summed E-state index contributed by atoms with van der Waals surface area (Å²) in [4.78, 5) is 8.73. The van der Waals surface area contributed by atoms with Crippen molar-refractivity contribution in [1.82, 2.24) is 15.6 Å². The fourth-order valence-corrected chi connectivity index (χ4v) is 3.92. The van der Waals surface area contributed by atoms with Gasteiger partial charge in [-0.05, 0) is 25.5 Å². The number of nitrogens with zero attached hydrogens (tertiary/aromatic N) is 2. The molecular weight excluding hydrogens is 415 g/mol. The molecule has 1 fully saturated rings. The lowest BCUT2D eigenvalue weighted by molar-refractivity contribution is 0.599. The van der Waals surface area contributed by atoms with Crippen LogP contribution in [0, 0.1) is 0 Å². The van der Waals surface area contributed by atoms with Crippen LogP contribution in [-0.4, -0.2) is 50.0 Å². The van der Waals surface area contributed by atoms with Crippen molar-refractivity contribution >= 4 is 39.8 Å². The van der Waals surface area contributed by atoms with Gasteiger partial charge in [-0.1, -0.05) is 6.07 Å². The van der Waals surface area contributed by atoms with Gasteiger partial charge in [0, 0.05) is 37.4 Å². The first-order valence-electron chi connectivity index (χ1n) is 7.24. The van der Waals surface area contributed by atoms with Gasteiger partial charge in [-0.25, -0.2) is 8.42 Å². The van der Waals surface area contributed by atoms with E-state index in [-0.39, 0.29) is 41.5 Å². The van der Waals surface area contributed by atoms with Crippen molar-refractivity contribution in [3.8, 4) is 0 Å². The van der Waals surface area contributed by atoms with Crippen LogP contribution in [0.25, 0.3) is 0 Å². The quantitative estimate of drug-likeness (QED) is 0.407. The molecule has 22 heavy (non-hydrogen) atoms. The molecule has 0 saturated carbocycles. The van der Waals surface area contributed by atoms with E-state index in [0.717, 1.165) is 18.7 Å². The molecular formula is C14H23IN4O2S. The number of rotatable bonds is 5. The maximum Gasteiger partial charge on any atom is 0.191 e. The van der Waals surface area contributed by atoms with Crippen molar-refractivity contribution in [3.05, 3.63) is 30.1 Å². The lowest BCUT2D eigenvalue weighted by Gasteiger charge is -2.15. The van der Waals surface area contributed by atoms with Crippen molar-refractivity contribution in [2.24, 2.45) is 4.99 Å². The number of nitrogens with one attached hydrogen (secondary N) is 2. The van der Waals surface area contributed by atoms with Crippen LogP contribution in [0.3, 0.4) is 0 Å². The van der Waals surface area contributed by atoms with Crippen LogP contribution in [0.1, 0.15) is 19.0 Å². The van der Waals surface area contributed by atoms with Gasteiger partial charge >= 0.3 is 0 Å². The lowest BCUT2D eigenvalue weighted by Crippen LogP contribution is -2.44. The van der Waals surface area contributed by atoms with E-state index < -0.39 is 9.84 Å². The second-order valence-electron chi connectivity index (χ2n) is 5.08. The van der Waals surface area contributed by atoms with Gasteiger partial charge in [0.05, 0.1) is 11.5 Å². The molecule has 1 unspecified atom stereocenters. The average Bonchev–Trinajstić information content (AvgIpc) is 2.79. The molecule has 1 atom stereocenters. The van der Waals surface area contributed by atoms with Gasteiger partial charge in [0.1, 0.15) is 0 Å². The lowest BCUT2D eigenvalue weighted by atomic mass is 10.2. The van der Waals surface area contributed by atoms with Crippen LogP contribution in [0.5, 0.6) is 0 Å². The van der Waals surface area contributed by atoms with Crippen molar-refractivity contribution in [2.45, 2.75) is 25.8 Å². The Labute approximate surface area is 149 Å². The molecule has 1 aromatic rings. The highest BCUT2D eigenvalue weighted by atomic mass is 127. The summed E-state index contributed by atoms with van der Waals surface area (Å²) in [6.45, 7) is 3.35. The minimum absolute atomic E-state index is 0. The zero-order chi connectivity index (χ0) is 15.1. The van der Waals surface area contributed by atoms with Gasteiger partial charge < -0.3 is 10.6 Å². The Morgan fingerprint density at radius 2 is 2.27 bits per heavy atom. The van der Waals surface area contributed by atoms with E-state index in [1.165, 1.54) is 0 Å². The zero-order valence-electron chi connectivity index (χ0n) is 12.7. The largest absolute Gasteiger partial charge is 0.357 e. The van der Waals surface area contributed by atoms with Gasteiger partial charge in [0.2, 0.25) is 0 Å². The molecule has 1 saturated heterocycles. The number of halogens is 1. The van der Waals surface area contributed by atoms with Gasteiger partial charge in [-0.2, -0.15) is 0 Å². The Balaban J connectivity index is 0.00000242. The number of aliphatic imine (C=N–C) groups is 1. The van der Waals surface area contributed by atoms with Crippen LogP contribution in [-0.2, 0) is 16.3 Å². The number of hydrogen-bond acceptors (Lipinski definition) is 4. The smallest absolute Gasteiger partial charge is 0.191 e. The Kier molecular flexibility index (Phi) is 8.08. The molecule has 2 N–H and O–H groups in total. The Hall–Kier alpha value is -0.900. The van der Waals surface area contributed by atoms with Crippen LogP contribution >= 0.6 is 24.0 Å². The van der Waals surface area contributed by atoms with Gasteiger partial charge in [0.25, 0.3) is 0 Å². The average molecular weight is 438 g/mol. The summed E-state index contributed by atoms with van der Waals surface area (Å²) in [5, 5.41) is 6.34. The fraction of sp³-hybridized carbons (Fsp3) is 0.571. The first-order chi connectivity index (χ1) is 10.1. The second kappa shape index (κ2) is 9.29. The molecule has 0 bridgehead atoms. The molecule has 8 heteroatoms. The van der Waals surface area contributed by atoms with Gasteiger partial charge in [-0.15, -0.1) is 24.0 Å². The Morgan fingerprint density at radius 1 is 1.45 bits per heavy atom. The number of pyridine rings is 1. The zero-order valence-corrected chi connectivity index (χ0v) is 15.8. The molecule has 2 heterocycles. The molecule has 0 amide bonds. The van der Waals surface area contributed by atoms with Crippen molar-refractivity contribution in [2.75, 3.05) is 24.6 Å². The summed E-state index contributed by atoms with van der Waals surface area (Å²) in [6.07, 6.45) is 3.18. The minimum atomic E-state index is -2.87. The van der Waals surface area contributed by atoms with Crippen LogP contribution in [0.15, 0.2) is 29.4 Å². The molecule has 2 rings (SSSR count). The Morgan fingerprint density at radius 3 is 2.86 bits per heavy atom. The number of hydrogen-bond donors (Lipinski definition) is 2. The molecule has 0 aliphatic carbocycles. The van der Waals surface area contributed by atoms with Crippen LogP contribution < -0.4 is 10.6 Å². The Bertz CT molecular complexity index is 578. The highest BCUT2D eigenvalue weighted by Gasteiger charge is 2.28. The fourth-order valence-electron chi connectivity index (χ4n) is 2.25. The molecule has 6 nitrogen and oxygen atoms in total. The van der Waals surface area contributed by atoms with E-state index >= 15 is 0 Å². The summed E-state index contributed by atoms with van der Waals surface area (Å²) in [6, 6.07) is 5.78. The summed E-state index contributed by atoms with van der Waals surface area (Å²) in [5.74, 6) is 1.13. The minimum Gasteiger partial charge on any atom is -0.357 e. The summed E-state index contributed by atoms with van der Waals surface area (Å²) in [5.41, 5.74) is 1.00. The van der Waals surface area contributed by atoms with E-state index in [9.17, 15) is 8.42 Å². The van der Waals surface area contributed by atoms with E-state index in [1.807, 2.05) is 25.1 Å². The monoisotopic (exact) mass is 438 g/mol. The first kappa shape index (κ1) is 19.1. The van der Waals surface area contributed by atoms with Gasteiger partial charge in [0.15, 0.2) is 15.8 Å². The topological polar surface area (TPSA) is 83.4 Å². The SMILES string of the molecule is CCNC(=NCCc1ccccn1)NC1CCS(=O)(=O)C1.I. The highest BCUT2D eigenvalue weighted by molar-refractivity contribution is 14.0. The molecule has 124 valence electrons. The number of sulfone groups is 1. The standard InChI is InChI=1S/C14H22N4O2S.HI/c1-2-15-14(18-13-7-10-21(19,20)11-13)17-9-6-12-5-3-4-8-16-12;/h3-5,8,13H,2,6-7,9-11H2,1H3,(H2,15,17,18);1H. The normalized spacial score (nSPS) is 20.2. The third kappa shape index (κ3) is 6.47. The first-order valence-corrected chi connectivity index (χ1v) is 9.06.